The molecule has 1 saturated carbocycles. The number of nitrogens with zero attached hydrogens (tertiary/aromatic N) is 3. The first-order valence-electron chi connectivity index (χ1n) is 14.4. The molecule has 2 aromatic heterocycles. The van der Waals surface area contributed by atoms with Crippen molar-refractivity contribution in [1.29, 1.82) is 0 Å². The van der Waals surface area contributed by atoms with E-state index in [2.05, 4.69) is 15.2 Å². The minimum absolute atomic E-state index is 0.0702. The maximum Gasteiger partial charge on any atom is 0.328 e. The average molecular weight is 525 g/mol. The van der Waals surface area contributed by atoms with Crippen LogP contribution >= 0.6 is 0 Å². The maximum absolute atomic E-state index is 15.4. The molecule has 1 aliphatic carbocycles. The van der Waals surface area contributed by atoms with Crippen LogP contribution in [-0.2, 0) is 22.4 Å². The van der Waals surface area contributed by atoms with Gasteiger partial charge in [0, 0.05) is 59.7 Å². The summed E-state index contributed by atoms with van der Waals surface area (Å²) in [6, 6.07) is 5.43. The highest BCUT2D eigenvalue weighted by Crippen LogP contribution is 2.43. The summed E-state index contributed by atoms with van der Waals surface area (Å²) in [6.07, 6.45) is 9.01. The first kappa shape index (κ1) is 26.9. The van der Waals surface area contributed by atoms with Crippen LogP contribution in [0.2, 0.25) is 0 Å². The molecule has 0 bridgehead atoms. The minimum Gasteiger partial charge on any atom is -0.496 e. The molecule has 2 aliphatic heterocycles. The second-order valence-corrected chi connectivity index (χ2v) is 10.9. The lowest BCUT2D eigenvalue weighted by Gasteiger charge is -2.28. The van der Waals surface area contributed by atoms with Crippen LogP contribution in [0, 0.1) is 5.92 Å². The lowest BCUT2D eigenvalue weighted by atomic mass is 9.97. The zero-order chi connectivity index (χ0) is 26.5. The van der Waals surface area contributed by atoms with Crippen LogP contribution < -0.4 is 10.1 Å². The molecule has 0 amide bonds. The molecule has 1 saturated heterocycles. The summed E-state index contributed by atoms with van der Waals surface area (Å²) in [5, 5.41) is 3.38. The Morgan fingerprint density at radius 1 is 1.29 bits per heavy atom. The Balaban J connectivity index is 1.16. The summed E-state index contributed by atoms with van der Waals surface area (Å²) in [5.41, 5.74) is 4.10. The SMILES string of the molecule is CCOC(=O)C(c1cccnc1C1CC1)N1CC[C@@H](C(F)CCCCc2cc(OC)c3c(n2)NCCC3)C1. The fourth-order valence-electron chi connectivity index (χ4n) is 6.05. The number of nitrogens with one attached hydrogen (secondary N) is 1. The van der Waals surface area contributed by atoms with Gasteiger partial charge in [0.1, 0.15) is 23.8 Å². The summed E-state index contributed by atoms with van der Waals surface area (Å²) < 4.78 is 26.5. The Bertz CT molecular complexity index is 1090. The molecular formula is C30H41FN4O3. The van der Waals surface area contributed by atoms with Gasteiger partial charge >= 0.3 is 5.97 Å². The van der Waals surface area contributed by atoms with E-state index in [1.165, 1.54) is 0 Å². The predicted octanol–water partition coefficient (Wildman–Crippen LogP) is 5.40. The first-order chi connectivity index (χ1) is 18.6. The highest BCUT2D eigenvalue weighted by molar-refractivity contribution is 5.78. The topological polar surface area (TPSA) is 76.6 Å². The normalized spacial score (nSPS) is 20.9. The number of hydrogen-bond acceptors (Lipinski definition) is 7. The standard InChI is InChI=1S/C30H41FN4O3/c1-3-38-30(36)28(24-10-7-15-32-27(24)20-12-13-20)35-17-14-21(19-35)25(31)11-5-4-8-22-18-26(37-2)23-9-6-16-33-29(23)34-22/h7,10,15,18,20-21,25,28H,3-6,8-9,11-14,16-17,19H2,1-2H3,(H,33,34)/t21-,25?,28?/m1/s1. The summed E-state index contributed by atoms with van der Waals surface area (Å²) >= 11 is 0. The Hall–Kier alpha value is -2.74. The van der Waals surface area contributed by atoms with E-state index in [4.69, 9.17) is 14.5 Å². The summed E-state index contributed by atoms with van der Waals surface area (Å²) in [7, 11) is 1.71. The molecule has 4 heterocycles. The van der Waals surface area contributed by atoms with Gasteiger partial charge in [0.05, 0.1) is 13.7 Å². The quantitative estimate of drug-likeness (QED) is 0.294. The number of methoxy groups -OCH3 is 1. The molecule has 5 rings (SSSR count). The zero-order valence-corrected chi connectivity index (χ0v) is 22.8. The van der Waals surface area contributed by atoms with Gasteiger partial charge in [0.25, 0.3) is 0 Å². The number of fused-ring (bicyclic) bond motifs is 1. The fraction of sp³-hybridized carbons (Fsp3) is 0.633. The molecule has 0 radical (unpaired) electrons. The van der Waals surface area contributed by atoms with Crippen LogP contribution in [0.3, 0.4) is 0 Å². The molecule has 2 unspecified atom stereocenters. The number of halogens is 1. The summed E-state index contributed by atoms with van der Waals surface area (Å²) in [4.78, 5) is 24.6. The largest absolute Gasteiger partial charge is 0.496 e. The Morgan fingerprint density at radius 3 is 2.95 bits per heavy atom. The van der Waals surface area contributed by atoms with Gasteiger partial charge in [-0.2, -0.15) is 0 Å². The molecule has 3 atom stereocenters. The highest BCUT2D eigenvalue weighted by Gasteiger charge is 2.40. The van der Waals surface area contributed by atoms with Gasteiger partial charge < -0.3 is 14.8 Å². The minimum atomic E-state index is -0.882. The van der Waals surface area contributed by atoms with Crippen molar-refractivity contribution in [2.75, 3.05) is 38.7 Å². The van der Waals surface area contributed by atoms with Gasteiger partial charge in [-0.1, -0.05) is 12.5 Å². The molecule has 8 heteroatoms. The molecule has 38 heavy (non-hydrogen) atoms. The van der Waals surface area contributed by atoms with Crippen LogP contribution in [0.15, 0.2) is 24.4 Å². The van der Waals surface area contributed by atoms with Gasteiger partial charge in [0.2, 0.25) is 0 Å². The number of ether oxygens (including phenoxy) is 2. The smallest absolute Gasteiger partial charge is 0.328 e. The number of carbonyl (C=O) groups excluding carboxylic acids is 1. The Morgan fingerprint density at radius 2 is 2.16 bits per heavy atom. The van der Waals surface area contributed by atoms with E-state index >= 15 is 4.39 Å². The number of hydrogen-bond donors (Lipinski definition) is 1. The molecule has 2 fully saturated rings. The molecular weight excluding hydrogens is 483 g/mol. The van der Waals surface area contributed by atoms with E-state index in [1.807, 2.05) is 25.1 Å². The van der Waals surface area contributed by atoms with Crippen molar-refractivity contribution >= 4 is 11.8 Å². The van der Waals surface area contributed by atoms with Crippen LogP contribution in [0.5, 0.6) is 5.75 Å². The fourth-order valence-corrected chi connectivity index (χ4v) is 6.05. The van der Waals surface area contributed by atoms with Crippen molar-refractivity contribution in [3.63, 3.8) is 0 Å². The Labute approximate surface area is 225 Å². The Kier molecular flexibility index (Phi) is 8.77. The zero-order valence-electron chi connectivity index (χ0n) is 22.8. The number of pyridine rings is 2. The van der Waals surface area contributed by atoms with E-state index in [0.29, 0.717) is 32.0 Å². The van der Waals surface area contributed by atoms with Gasteiger partial charge in [0.15, 0.2) is 0 Å². The summed E-state index contributed by atoms with van der Waals surface area (Å²) in [5.74, 6) is 1.95. The number of aromatic nitrogens is 2. The number of likely N-dealkylation sites (tertiary alicyclic amines) is 1. The second-order valence-electron chi connectivity index (χ2n) is 10.9. The lowest BCUT2D eigenvalue weighted by Crippen LogP contribution is -2.35. The highest BCUT2D eigenvalue weighted by atomic mass is 19.1. The first-order valence-corrected chi connectivity index (χ1v) is 14.4. The van der Waals surface area contributed by atoms with E-state index in [-0.39, 0.29) is 11.9 Å². The van der Waals surface area contributed by atoms with Crippen molar-refractivity contribution in [1.82, 2.24) is 14.9 Å². The summed E-state index contributed by atoms with van der Waals surface area (Å²) in [6.45, 7) is 4.36. The van der Waals surface area contributed by atoms with Gasteiger partial charge in [-0.05, 0) is 70.9 Å². The number of unbranched alkanes of at least 4 members (excludes halogenated alkanes) is 1. The number of aryl methyl sites for hydroxylation is 1. The molecule has 206 valence electrons. The van der Waals surface area contributed by atoms with Crippen molar-refractivity contribution in [3.8, 4) is 5.75 Å². The van der Waals surface area contributed by atoms with Crippen molar-refractivity contribution in [2.24, 2.45) is 5.92 Å². The van der Waals surface area contributed by atoms with Crippen LogP contribution in [-0.4, -0.2) is 60.4 Å². The molecule has 1 N–H and O–H groups in total. The van der Waals surface area contributed by atoms with Crippen LogP contribution in [0.25, 0.3) is 0 Å². The van der Waals surface area contributed by atoms with Crippen molar-refractivity contribution in [2.45, 2.75) is 82.8 Å². The third-order valence-corrected chi connectivity index (χ3v) is 8.19. The third-order valence-electron chi connectivity index (χ3n) is 8.19. The van der Waals surface area contributed by atoms with Gasteiger partial charge in [-0.25, -0.2) is 14.2 Å². The monoisotopic (exact) mass is 524 g/mol. The number of carbonyl (C=O) groups is 1. The van der Waals surface area contributed by atoms with Crippen LogP contribution in [0.1, 0.15) is 86.3 Å². The number of anilines is 1. The van der Waals surface area contributed by atoms with E-state index in [0.717, 1.165) is 92.0 Å². The molecule has 7 nitrogen and oxygen atoms in total. The molecule has 0 spiro atoms. The van der Waals surface area contributed by atoms with Crippen molar-refractivity contribution < 1.29 is 18.7 Å². The number of rotatable bonds is 12. The van der Waals surface area contributed by atoms with Crippen LogP contribution in [0.4, 0.5) is 10.2 Å². The molecule has 0 aromatic carbocycles. The van der Waals surface area contributed by atoms with Gasteiger partial charge in [-0.3, -0.25) is 9.88 Å². The third kappa shape index (κ3) is 6.11. The number of alkyl halides is 1. The second kappa shape index (κ2) is 12.4. The molecule has 2 aromatic rings. The van der Waals surface area contributed by atoms with E-state index < -0.39 is 12.2 Å². The van der Waals surface area contributed by atoms with Gasteiger partial charge in [-0.15, -0.1) is 0 Å². The molecule has 3 aliphatic rings. The predicted molar refractivity (Wildman–Crippen MR) is 145 cm³/mol. The maximum atomic E-state index is 15.4. The average Bonchev–Trinajstić information content (AvgIpc) is 3.68. The number of esters is 1. The van der Waals surface area contributed by atoms with E-state index in [9.17, 15) is 4.79 Å². The van der Waals surface area contributed by atoms with E-state index in [1.54, 1.807) is 13.3 Å². The van der Waals surface area contributed by atoms with Crippen molar-refractivity contribution in [3.05, 3.63) is 46.9 Å². The lowest BCUT2D eigenvalue weighted by molar-refractivity contribution is -0.149.